The number of aliphatic hydroxyl groups excluding tert-OH is 1. The molecule has 1 aromatic carbocycles. The fraction of sp³-hybridized carbons (Fsp3) is 0.333. The van der Waals surface area contributed by atoms with E-state index in [4.69, 9.17) is 16.7 Å². The Bertz CT molecular complexity index is 530. The second-order valence-corrected chi connectivity index (χ2v) is 5.51. The van der Waals surface area contributed by atoms with Crippen molar-refractivity contribution < 1.29 is 26.7 Å². The number of alkyl halides is 3. The fourth-order valence-corrected chi connectivity index (χ4v) is 2.67. The van der Waals surface area contributed by atoms with Gasteiger partial charge >= 0.3 is 6.18 Å². The van der Waals surface area contributed by atoms with Gasteiger partial charge in [0.2, 0.25) is 10.0 Å². The standard InChI is InChI=1S/C9H9ClF3NO3S/c10-7-2-1-6(4-15)3-8(7)18(16,17)14-5-9(11,12)13/h1-3,14-15H,4-5H2. The lowest BCUT2D eigenvalue weighted by molar-refractivity contribution is -0.121. The van der Waals surface area contributed by atoms with Crippen LogP contribution in [0.25, 0.3) is 0 Å². The Morgan fingerprint density at radius 3 is 2.44 bits per heavy atom. The van der Waals surface area contributed by atoms with Gasteiger partial charge in [0, 0.05) is 0 Å². The third-order valence-corrected chi connectivity index (χ3v) is 3.81. The van der Waals surface area contributed by atoms with E-state index in [2.05, 4.69) is 0 Å². The van der Waals surface area contributed by atoms with E-state index in [1.54, 1.807) is 0 Å². The zero-order valence-electron chi connectivity index (χ0n) is 8.83. The van der Waals surface area contributed by atoms with Gasteiger partial charge in [0.05, 0.1) is 11.6 Å². The molecule has 102 valence electrons. The molecular weight excluding hydrogens is 295 g/mol. The maximum atomic E-state index is 11.9. The Labute approximate surface area is 106 Å². The maximum absolute atomic E-state index is 11.9. The van der Waals surface area contributed by atoms with Crippen LogP contribution in [0.5, 0.6) is 0 Å². The number of halogens is 4. The highest BCUT2D eigenvalue weighted by atomic mass is 35.5. The van der Waals surface area contributed by atoms with E-state index in [0.717, 1.165) is 6.07 Å². The van der Waals surface area contributed by atoms with Crippen LogP contribution < -0.4 is 4.72 Å². The number of hydrogen-bond donors (Lipinski definition) is 2. The van der Waals surface area contributed by atoms with Gasteiger partial charge in [-0.15, -0.1) is 0 Å². The third kappa shape index (κ3) is 4.13. The van der Waals surface area contributed by atoms with Crippen LogP contribution in [0.15, 0.2) is 23.1 Å². The van der Waals surface area contributed by atoms with Gasteiger partial charge in [0.25, 0.3) is 0 Å². The molecule has 0 heterocycles. The van der Waals surface area contributed by atoms with Crippen molar-refractivity contribution in [3.63, 3.8) is 0 Å². The highest BCUT2D eigenvalue weighted by Gasteiger charge is 2.30. The molecular formula is C9H9ClF3NO3S. The highest BCUT2D eigenvalue weighted by Crippen LogP contribution is 2.23. The molecule has 18 heavy (non-hydrogen) atoms. The largest absolute Gasteiger partial charge is 0.402 e. The zero-order chi connectivity index (χ0) is 14.0. The number of aliphatic hydroxyl groups is 1. The molecule has 4 nitrogen and oxygen atoms in total. The summed E-state index contributed by atoms with van der Waals surface area (Å²) in [5, 5.41) is 8.62. The molecule has 9 heteroatoms. The van der Waals surface area contributed by atoms with Gasteiger partial charge in [-0.05, 0) is 17.7 Å². The Morgan fingerprint density at radius 1 is 1.33 bits per heavy atom. The smallest absolute Gasteiger partial charge is 0.392 e. The van der Waals surface area contributed by atoms with Crippen molar-refractivity contribution in [2.75, 3.05) is 6.54 Å². The van der Waals surface area contributed by atoms with E-state index in [1.165, 1.54) is 16.9 Å². The topological polar surface area (TPSA) is 66.4 Å². The van der Waals surface area contributed by atoms with Crippen molar-refractivity contribution in [1.82, 2.24) is 4.72 Å². The summed E-state index contributed by atoms with van der Waals surface area (Å²) < 4.78 is 60.4. The second-order valence-electron chi connectivity index (χ2n) is 3.36. The molecule has 0 atom stereocenters. The van der Waals surface area contributed by atoms with Crippen molar-refractivity contribution in [2.24, 2.45) is 0 Å². The molecule has 0 bridgehead atoms. The second kappa shape index (κ2) is 5.43. The fourth-order valence-electron chi connectivity index (χ4n) is 1.11. The molecule has 0 radical (unpaired) electrons. The van der Waals surface area contributed by atoms with Crippen LogP contribution in [0.4, 0.5) is 13.2 Å². The summed E-state index contributed by atoms with van der Waals surface area (Å²) in [4.78, 5) is -0.500. The van der Waals surface area contributed by atoms with Gasteiger partial charge in [-0.2, -0.15) is 13.2 Å². The number of rotatable bonds is 4. The first-order valence-corrected chi connectivity index (χ1v) is 6.47. The minimum Gasteiger partial charge on any atom is -0.392 e. The Hall–Kier alpha value is -0.830. The molecule has 0 aliphatic carbocycles. The first-order chi connectivity index (χ1) is 8.15. The van der Waals surface area contributed by atoms with E-state index in [9.17, 15) is 21.6 Å². The first kappa shape index (κ1) is 15.2. The molecule has 0 aliphatic rings. The van der Waals surface area contributed by atoms with E-state index in [1.807, 2.05) is 0 Å². The molecule has 0 aliphatic heterocycles. The van der Waals surface area contributed by atoms with E-state index < -0.39 is 34.2 Å². The number of hydrogen-bond acceptors (Lipinski definition) is 3. The summed E-state index contributed by atoms with van der Waals surface area (Å²) in [6.45, 7) is -2.13. The van der Waals surface area contributed by atoms with Crippen LogP contribution in [0.3, 0.4) is 0 Å². The SMILES string of the molecule is O=S(=O)(NCC(F)(F)F)c1cc(CO)ccc1Cl. The van der Waals surface area contributed by atoms with E-state index >= 15 is 0 Å². The molecule has 0 unspecified atom stereocenters. The van der Waals surface area contributed by atoms with Gasteiger partial charge in [-0.3, -0.25) is 0 Å². The molecule has 1 rings (SSSR count). The van der Waals surface area contributed by atoms with Gasteiger partial charge in [-0.25, -0.2) is 13.1 Å². The average Bonchev–Trinajstić information content (AvgIpc) is 2.26. The first-order valence-electron chi connectivity index (χ1n) is 4.61. The van der Waals surface area contributed by atoms with Crippen LogP contribution in [-0.2, 0) is 16.6 Å². The molecule has 0 saturated carbocycles. The molecule has 1 aromatic rings. The molecule has 0 aromatic heterocycles. The maximum Gasteiger partial charge on any atom is 0.402 e. The predicted molar refractivity (Wildman–Crippen MR) is 58.6 cm³/mol. The van der Waals surface area contributed by atoms with Crippen LogP contribution in [0, 0.1) is 0 Å². The van der Waals surface area contributed by atoms with Gasteiger partial charge < -0.3 is 5.11 Å². The predicted octanol–water partition coefficient (Wildman–Crippen LogP) is 1.67. The Balaban J connectivity index is 3.05. The third-order valence-electron chi connectivity index (χ3n) is 1.93. The summed E-state index contributed by atoms with van der Waals surface area (Å²) in [6, 6.07) is 3.57. The summed E-state index contributed by atoms with van der Waals surface area (Å²) in [5.41, 5.74) is 0.229. The van der Waals surface area contributed by atoms with Gasteiger partial charge in [0.15, 0.2) is 0 Å². The van der Waals surface area contributed by atoms with Crippen molar-refractivity contribution in [2.45, 2.75) is 17.7 Å². The minimum atomic E-state index is -4.66. The number of sulfonamides is 1. The van der Waals surface area contributed by atoms with E-state index in [-0.39, 0.29) is 10.6 Å². The van der Waals surface area contributed by atoms with Crippen molar-refractivity contribution in [3.05, 3.63) is 28.8 Å². The lowest BCUT2D eigenvalue weighted by Gasteiger charge is -2.11. The molecule has 0 spiro atoms. The van der Waals surface area contributed by atoms with Crippen LogP contribution in [0.2, 0.25) is 5.02 Å². The zero-order valence-corrected chi connectivity index (χ0v) is 10.4. The van der Waals surface area contributed by atoms with Crippen LogP contribution in [0.1, 0.15) is 5.56 Å². The lowest BCUT2D eigenvalue weighted by atomic mass is 10.2. The molecule has 0 amide bonds. The van der Waals surface area contributed by atoms with Crippen molar-refractivity contribution >= 4 is 21.6 Å². The summed E-state index contributed by atoms with van der Waals surface area (Å²) in [6.07, 6.45) is -4.66. The summed E-state index contributed by atoms with van der Waals surface area (Å²) >= 11 is 5.61. The molecule has 2 N–H and O–H groups in total. The monoisotopic (exact) mass is 303 g/mol. The summed E-state index contributed by atoms with van der Waals surface area (Å²) in [5.74, 6) is 0. The van der Waals surface area contributed by atoms with E-state index in [0.29, 0.717) is 0 Å². The Morgan fingerprint density at radius 2 is 1.94 bits per heavy atom. The summed E-state index contributed by atoms with van der Waals surface area (Å²) in [7, 11) is -4.37. The number of benzene rings is 1. The molecule has 0 saturated heterocycles. The molecule has 0 fully saturated rings. The average molecular weight is 304 g/mol. The van der Waals surface area contributed by atoms with Crippen molar-refractivity contribution in [1.29, 1.82) is 0 Å². The van der Waals surface area contributed by atoms with Gasteiger partial charge in [-0.1, -0.05) is 17.7 Å². The Kier molecular flexibility index (Phi) is 4.60. The van der Waals surface area contributed by atoms with Gasteiger partial charge in [0.1, 0.15) is 11.4 Å². The highest BCUT2D eigenvalue weighted by molar-refractivity contribution is 7.89. The minimum absolute atomic E-state index is 0.220. The van der Waals surface area contributed by atoms with Crippen molar-refractivity contribution in [3.8, 4) is 0 Å². The normalized spacial score (nSPS) is 12.7. The van der Waals surface area contributed by atoms with Crippen LogP contribution in [-0.4, -0.2) is 26.2 Å². The number of nitrogens with one attached hydrogen (secondary N) is 1. The lowest BCUT2D eigenvalue weighted by Crippen LogP contribution is -2.33. The van der Waals surface area contributed by atoms with Crippen LogP contribution >= 0.6 is 11.6 Å². The quantitative estimate of drug-likeness (QED) is 0.889.